The summed E-state index contributed by atoms with van der Waals surface area (Å²) >= 11 is 1.92. The van der Waals surface area contributed by atoms with Crippen LogP contribution in [0.25, 0.3) is 0 Å². The third-order valence-corrected chi connectivity index (χ3v) is 2.85. The number of nitrogens with zero attached hydrogens (tertiary/aromatic N) is 1. The summed E-state index contributed by atoms with van der Waals surface area (Å²) in [5.74, 6) is 3.04. The van der Waals surface area contributed by atoms with Crippen LogP contribution >= 0.6 is 11.8 Å². The van der Waals surface area contributed by atoms with E-state index in [4.69, 9.17) is 10.3 Å². The molecule has 0 unspecified atom stereocenters. The van der Waals surface area contributed by atoms with Gasteiger partial charge in [-0.25, -0.2) is 0 Å². The van der Waals surface area contributed by atoms with Gasteiger partial charge < -0.3 is 10.3 Å². The Morgan fingerprint density at radius 1 is 1.64 bits per heavy atom. The van der Waals surface area contributed by atoms with E-state index in [0.29, 0.717) is 6.54 Å². The molecule has 0 bridgehead atoms. The number of rotatable bonds is 1. The van der Waals surface area contributed by atoms with Crippen LogP contribution in [0.5, 0.6) is 0 Å². The molecule has 0 spiro atoms. The summed E-state index contributed by atoms with van der Waals surface area (Å²) in [7, 11) is 0. The predicted octanol–water partition coefficient (Wildman–Crippen LogP) is 0.923. The fraction of sp³-hybridized carbons (Fsp3) is 0.571. The van der Waals surface area contributed by atoms with Crippen molar-refractivity contribution in [1.82, 2.24) is 5.16 Å². The van der Waals surface area contributed by atoms with Crippen molar-refractivity contribution < 1.29 is 4.52 Å². The largest absolute Gasteiger partial charge is 0.359 e. The summed E-state index contributed by atoms with van der Waals surface area (Å²) in [5.41, 5.74) is 7.83. The first-order valence-corrected chi connectivity index (χ1v) is 4.81. The number of aryl methyl sites for hydroxylation is 1. The molecule has 0 aromatic carbocycles. The minimum atomic E-state index is 0.475. The lowest BCUT2D eigenvalue weighted by molar-refractivity contribution is 0.379. The molecule has 3 nitrogen and oxygen atoms in total. The monoisotopic (exact) mass is 170 g/mol. The third kappa shape index (κ3) is 1.16. The van der Waals surface area contributed by atoms with Crippen LogP contribution in [0, 0.1) is 0 Å². The van der Waals surface area contributed by atoms with E-state index < -0.39 is 0 Å². The molecule has 11 heavy (non-hydrogen) atoms. The van der Waals surface area contributed by atoms with Crippen LogP contribution in [0.2, 0.25) is 0 Å². The van der Waals surface area contributed by atoms with Gasteiger partial charge in [0.05, 0.1) is 12.2 Å². The van der Waals surface area contributed by atoms with Crippen molar-refractivity contribution in [3.8, 4) is 0 Å². The summed E-state index contributed by atoms with van der Waals surface area (Å²) in [5, 5.41) is 3.96. The van der Waals surface area contributed by atoms with Gasteiger partial charge in [0, 0.05) is 17.7 Å². The molecule has 0 atom stereocenters. The lowest BCUT2D eigenvalue weighted by Gasteiger charge is -2.07. The van der Waals surface area contributed by atoms with E-state index in [1.165, 1.54) is 5.56 Å². The average molecular weight is 170 g/mol. The molecule has 2 N–H and O–H groups in total. The summed E-state index contributed by atoms with van der Waals surface area (Å²) < 4.78 is 5.08. The quantitative estimate of drug-likeness (QED) is 0.681. The Bertz CT molecular complexity index is 245. The van der Waals surface area contributed by atoms with E-state index in [1.807, 2.05) is 11.8 Å². The van der Waals surface area contributed by atoms with E-state index >= 15 is 0 Å². The van der Waals surface area contributed by atoms with Crippen LogP contribution in [0.3, 0.4) is 0 Å². The van der Waals surface area contributed by atoms with E-state index in [0.717, 1.165) is 29.4 Å². The zero-order valence-electron chi connectivity index (χ0n) is 6.17. The van der Waals surface area contributed by atoms with Gasteiger partial charge in [-0.1, -0.05) is 5.16 Å². The van der Waals surface area contributed by atoms with Crippen molar-refractivity contribution in [2.45, 2.75) is 18.7 Å². The lowest BCUT2D eigenvalue weighted by Crippen LogP contribution is -2.04. The summed E-state index contributed by atoms with van der Waals surface area (Å²) in [6, 6.07) is 0. The Morgan fingerprint density at radius 3 is 3.36 bits per heavy atom. The normalized spacial score (nSPS) is 16.5. The maximum atomic E-state index is 5.48. The van der Waals surface area contributed by atoms with E-state index in [9.17, 15) is 0 Å². The van der Waals surface area contributed by atoms with Gasteiger partial charge in [-0.05, 0) is 5.75 Å². The zero-order valence-corrected chi connectivity index (χ0v) is 6.99. The van der Waals surface area contributed by atoms with Crippen molar-refractivity contribution in [2.24, 2.45) is 5.73 Å². The van der Waals surface area contributed by atoms with Gasteiger partial charge in [0.25, 0.3) is 0 Å². The fourth-order valence-electron chi connectivity index (χ4n) is 1.25. The molecule has 60 valence electrons. The second-order valence-electron chi connectivity index (χ2n) is 2.54. The van der Waals surface area contributed by atoms with Crippen LogP contribution in [0.1, 0.15) is 17.0 Å². The van der Waals surface area contributed by atoms with Crippen molar-refractivity contribution in [3.63, 3.8) is 0 Å². The molecule has 0 saturated carbocycles. The zero-order chi connectivity index (χ0) is 7.68. The van der Waals surface area contributed by atoms with Gasteiger partial charge in [0.15, 0.2) is 5.76 Å². The standard InChI is InChI=1S/C7H10N2OS/c8-3-7-5-4-11-2-1-6(5)9-10-7/h1-4,8H2. The van der Waals surface area contributed by atoms with Crippen LogP contribution in [-0.2, 0) is 18.7 Å². The van der Waals surface area contributed by atoms with Crippen LogP contribution < -0.4 is 5.73 Å². The molecule has 2 heterocycles. The van der Waals surface area contributed by atoms with Gasteiger partial charge >= 0.3 is 0 Å². The maximum Gasteiger partial charge on any atom is 0.154 e. The van der Waals surface area contributed by atoms with Gasteiger partial charge in [-0.3, -0.25) is 0 Å². The van der Waals surface area contributed by atoms with Gasteiger partial charge in [0.2, 0.25) is 0 Å². The Balaban J connectivity index is 2.38. The lowest BCUT2D eigenvalue weighted by atomic mass is 10.2. The molecule has 0 aliphatic carbocycles. The summed E-state index contributed by atoms with van der Waals surface area (Å²) in [6.45, 7) is 0.475. The summed E-state index contributed by atoms with van der Waals surface area (Å²) in [6.07, 6.45) is 1.03. The highest BCUT2D eigenvalue weighted by Crippen LogP contribution is 2.26. The molecule has 1 aliphatic heterocycles. The van der Waals surface area contributed by atoms with Crippen molar-refractivity contribution in [2.75, 3.05) is 5.75 Å². The van der Waals surface area contributed by atoms with E-state index in [2.05, 4.69) is 5.16 Å². The molecule has 0 saturated heterocycles. The van der Waals surface area contributed by atoms with E-state index in [1.54, 1.807) is 0 Å². The van der Waals surface area contributed by atoms with Gasteiger partial charge in [-0.2, -0.15) is 11.8 Å². The van der Waals surface area contributed by atoms with Crippen LogP contribution in [0.4, 0.5) is 0 Å². The van der Waals surface area contributed by atoms with Crippen molar-refractivity contribution in [1.29, 1.82) is 0 Å². The molecule has 2 rings (SSSR count). The molecule has 1 aromatic rings. The topological polar surface area (TPSA) is 52.0 Å². The first kappa shape index (κ1) is 7.18. The highest BCUT2D eigenvalue weighted by atomic mass is 32.2. The maximum absolute atomic E-state index is 5.48. The molecular formula is C7H10N2OS. The molecule has 0 amide bonds. The number of thioether (sulfide) groups is 1. The number of fused-ring (bicyclic) bond motifs is 1. The molecule has 0 radical (unpaired) electrons. The number of nitrogens with two attached hydrogens (primary N) is 1. The number of hydrogen-bond acceptors (Lipinski definition) is 4. The Morgan fingerprint density at radius 2 is 2.55 bits per heavy atom. The first-order valence-electron chi connectivity index (χ1n) is 3.66. The third-order valence-electron chi connectivity index (χ3n) is 1.87. The highest BCUT2D eigenvalue weighted by molar-refractivity contribution is 7.98. The average Bonchev–Trinajstić information content (AvgIpc) is 2.47. The first-order chi connectivity index (χ1) is 5.42. The van der Waals surface area contributed by atoms with Crippen molar-refractivity contribution >= 4 is 11.8 Å². The predicted molar refractivity (Wildman–Crippen MR) is 44.3 cm³/mol. The van der Waals surface area contributed by atoms with Crippen molar-refractivity contribution in [3.05, 3.63) is 17.0 Å². The SMILES string of the molecule is NCc1onc2c1CSCC2. The van der Waals surface area contributed by atoms with E-state index in [-0.39, 0.29) is 0 Å². The van der Waals surface area contributed by atoms with Crippen LogP contribution in [-0.4, -0.2) is 10.9 Å². The highest BCUT2D eigenvalue weighted by Gasteiger charge is 2.17. The Kier molecular flexibility index (Phi) is 1.87. The molecule has 1 aromatic heterocycles. The Hall–Kier alpha value is -0.480. The minimum Gasteiger partial charge on any atom is -0.359 e. The molecular weight excluding hydrogens is 160 g/mol. The smallest absolute Gasteiger partial charge is 0.154 e. The Labute approximate surface area is 69.3 Å². The molecule has 4 heteroatoms. The van der Waals surface area contributed by atoms with Gasteiger partial charge in [-0.15, -0.1) is 0 Å². The second kappa shape index (κ2) is 2.87. The number of aromatic nitrogens is 1. The molecule has 0 fully saturated rings. The summed E-state index contributed by atoms with van der Waals surface area (Å²) in [4.78, 5) is 0. The minimum absolute atomic E-state index is 0.475. The second-order valence-corrected chi connectivity index (χ2v) is 3.64. The number of hydrogen-bond donors (Lipinski definition) is 1. The molecule has 1 aliphatic rings. The van der Waals surface area contributed by atoms with Gasteiger partial charge in [0.1, 0.15) is 0 Å². The van der Waals surface area contributed by atoms with Crippen LogP contribution in [0.15, 0.2) is 4.52 Å². The fourth-order valence-corrected chi connectivity index (χ4v) is 2.26.